The summed E-state index contributed by atoms with van der Waals surface area (Å²) in [6, 6.07) is 4.97. The van der Waals surface area contributed by atoms with Crippen LogP contribution in [0, 0.1) is 0 Å². The van der Waals surface area contributed by atoms with Crippen LogP contribution in [0.1, 0.15) is 20.8 Å². The molecule has 1 fully saturated rings. The number of ether oxygens (including phenoxy) is 1. The minimum atomic E-state index is -3.49. The summed E-state index contributed by atoms with van der Waals surface area (Å²) in [6.45, 7) is 7.51. The van der Waals surface area contributed by atoms with E-state index in [-0.39, 0.29) is 24.5 Å². The molecule has 0 aromatic heterocycles. The molecule has 0 amide bonds. The minimum absolute atomic E-state index is 0. The van der Waals surface area contributed by atoms with Gasteiger partial charge in [-0.3, -0.25) is 0 Å². The molecule has 8 heteroatoms. The van der Waals surface area contributed by atoms with Crippen LogP contribution in [0.25, 0.3) is 0 Å². The molecule has 126 valence electrons. The standard InChI is InChI=1S/C14H21BrN2O3S.ClH/c1-4-20-14-6-5-12(9-13(14)15)21(18,19)17-8-7-16-10(2)11(17)3;/h5-6,9-11,16H,4,7-8H2,1-3H3;1H. The Morgan fingerprint density at radius 3 is 2.68 bits per heavy atom. The molecule has 0 bridgehead atoms. The van der Waals surface area contributed by atoms with E-state index >= 15 is 0 Å². The lowest BCUT2D eigenvalue weighted by Gasteiger charge is -2.37. The van der Waals surface area contributed by atoms with Gasteiger partial charge in [-0.2, -0.15) is 4.31 Å². The molecule has 1 heterocycles. The lowest BCUT2D eigenvalue weighted by molar-refractivity contribution is 0.233. The topological polar surface area (TPSA) is 58.6 Å². The Morgan fingerprint density at radius 1 is 1.41 bits per heavy atom. The zero-order chi connectivity index (χ0) is 15.6. The van der Waals surface area contributed by atoms with E-state index in [1.165, 1.54) is 0 Å². The van der Waals surface area contributed by atoms with Gasteiger partial charge < -0.3 is 10.1 Å². The van der Waals surface area contributed by atoms with Gasteiger partial charge >= 0.3 is 0 Å². The van der Waals surface area contributed by atoms with Crippen molar-refractivity contribution < 1.29 is 13.2 Å². The maximum atomic E-state index is 12.8. The normalized spacial score (nSPS) is 22.9. The number of halogens is 2. The number of benzene rings is 1. The zero-order valence-electron chi connectivity index (χ0n) is 12.9. The Labute approximate surface area is 147 Å². The molecule has 0 saturated carbocycles. The highest BCUT2D eigenvalue weighted by molar-refractivity contribution is 9.10. The van der Waals surface area contributed by atoms with Gasteiger partial charge in [-0.1, -0.05) is 0 Å². The summed E-state index contributed by atoms with van der Waals surface area (Å²) in [7, 11) is -3.49. The average Bonchev–Trinajstić information content (AvgIpc) is 2.44. The Hall–Kier alpha value is -0.340. The summed E-state index contributed by atoms with van der Waals surface area (Å²) in [5.41, 5.74) is 0. The minimum Gasteiger partial charge on any atom is -0.493 e. The van der Waals surface area contributed by atoms with Crippen molar-refractivity contribution in [3.63, 3.8) is 0 Å². The van der Waals surface area contributed by atoms with E-state index in [9.17, 15) is 8.42 Å². The van der Waals surface area contributed by atoms with Crippen LogP contribution < -0.4 is 10.1 Å². The van der Waals surface area contributed by atoms with Gasteiger partial charge in [0, 0.05) is 25.2 Å². The van der Waals surface area contributed by atoms with E-state index in [1.807, 2.05) is 20.8 Å². The fraction of sp³-hybridized carbons (Fsp3) is 0.571. The Morgan fingerprint density at radius 2 is 2.09 bits per heavy atom. The number of nitrogens with zero attached hydrogens (tertiary/aromatic N) is 1. The first-order chi connectivity index (χ1) is 9.87. The fourth-order valence-corrected chi connectivity index (χ4v) is 4.79. The van der Waals surface area contributed by atoms with E-state index in [4.69, 9.17) is 4.74 Å². The number of hydrogen-bond donors (Lipinski definition) is 1. The van der Waals surface area contributed by atoms with Gasteiger partial charge in [-0.05, 0) is 54.9 Å². The monoisotopic (exact) mass is 412 g/mol. The third-order valence-corrected chi connectivity index (χ3v) is 6.39. The number of hydrogen-bond acceptors (Lipinski definition) is 4. The molecule has 2 unspecified atom stereocenters. The van der Waals surface area contributed by atoms with Gasteiger partial charge in [-0.15, -0.1) is 12.4 Å². The first kappa shape index (κ1) is 19.7. The summed E-state index contributed by atoms with van der Waals surface area (Å²) in [4.78, 5) is 0.291. The number of sulfonamides is 1. The van der Waals surface area contributed by atoms with Crippen molar-refractivity contribution in [3.05, 3.63) is 22.7 Å². The van der Waals surface area contributed by atoms with Crippen molar-refractivity contribution in [3.8, 4) is 5.75 Å². The van der Waals surface area contributed by atoms with Crippen LogP contribution in [0.2, 0.25) is 0 Å². The summed E-state index contributed by atoms with van der Waals surface area (Å²) < 4.78 is 33.2. The molecule has 1 aromatic rings. The van der Waals surface area contributed by atoms with Crippen LogP contribution >= 0.6 is 28.3 Å². The van der Waals surface area contributed by atoms with E-state index in [1.54, 1.807) is 22.5 Å². The molecule has 0 spiro atoms. The lowest BCUT2D eigenvalue weighted by atomic mass is 10.1. The van der Waals surface area contributed by atoms with Crippen molar-refractivity contribution in [1.82, 2.24) is 9.62 Å². The molecule has 1 aromatic carbocycles. The first-order valence-electron chi connectivity index (χ1n) is 7.05. The molecular weight excluding hydrogens is 392 g/mol. The van der Waals surface area contributed by atoms with Gasteiger partial charge in [0.15, 0.2) is 0 Å². The molecule has 5 nitrogen and oxygen atoms in total. The summed E-state index contributed by atoms with van der Waals surface area (Å²) in [5, 5.41) is 3.29. The second-order valence-corrected chi connectivity index (χ2v) is 7.87. The Kier molecular flexibility index (Phi) is 7.14. The molecule has 1 saturated heterocycles. The van der Waals surface area contributed by atoms with Crippen LogP contribution in [0.15, 0.2) is 27.6 Å². The van der Waals surface area contributed by atoms with Crippen LogP contribution in [-0.4, -0.2) is 44.5 Å². The van der Waals surface area contributed by atoms with E-state index in [0.717, 1.165) is 0 Å². The molecule has 0 radical (unpaired) electrons. The predicted molar refractivity (Wildman–Crippen MR) is 93.4 cm³/mol. The second-order valence-electron chi connectivity index (χ2n) is 5.12. The van der Waals surface area contributed by atoms with Crippen molar-refractivity contribution in [2.45, 2.75) is 37.8 Å². The fourth-order valence-electron chi connectivity index (χ4n) is 2.42. The van der Waals surface area contributed by atoms with Crippen LogP contribution in [0.4, 0.5) is 0 Å². The smallest absolute Gasteiger partial charge is 0.243 e. The summed E-state index contributed by atoms with van der Waals surface area (Å²) >= 11 is 3.37. The average molecular weight is 414 g/mol. The van der Waals surface area contributed by atoms with Crippen LogP contribution in [0.5, 0.6) is 5.75 Å². The van der Waals surface area contributed by atoms with Gasteiger partial charge in [0.05, 0.1) is 16.0 Å². The van der Waals surface area contributed by atoms with E-state index in [2.05, 4.69) is 21.2 Å². The summed E-state index contributed by atoms with van der Waals surface area (Å²) in [6.07, 6.45) is 0. The van der Waals surface area contributed by atoms with E-state index in [0.29, 0.717) is 34.8 Å². The second kappa shape index (κ2) is 7.97. The molecule has 1 aliphatic rings. The molecule has 2 atom stereocenters. The molecule has 0 aliphatic carbocycles. The number of rotatable bonds is 4. The quantitative estimate of drug-likeness (QED) is 0.824. The SMILES string of the molecule is CCOc1ccc(S(=O)(=O)N2CCNC(C)C2C)cc1Br.Cl. The van der Waals surface area contributed by atoms with Crippen molar-refractivity contribution in [2.24, 2.45) is 0 Å². The van der Waals surface area contributed by atoms with Crippen molar-refractivity contribution >= 4 is 38.4 Å². The predicted octanol–water partition coefficient (Wildman–Crippen LogP) is 2.64. The van der Waals surface area contributed by atoms with Gasteiger partial charge in [0.25, 0.3) is 0 Å². The Balaban J connectivity index is 0.00000242. The van der Waals surface area contributed by atoms with Crippen molar-refractivity contribution in [1.29, 1.82) is 0 Å². The van der Waals surface area contributed by atoms with Gasteiger partial charge in [0.2, 0.25) is 10.0 Å². The van der Waals surface area contributed by atoms with Crippen LogP contribution in [-0.2, 0) is 10.0 Å². The van der Waals surface area contributed by atoms with Gasteiger partial charge in [-0.25, -0.2) is 8.42 Å². The molecule has 22 heavy (non-hydrogen) atoms. The number of piperazine rings is 1. The maximum Gasteiger partial charge on any atom is 0.243 e. The third-order valence-electron chi connectivity index (χ3n) is 3.79. The third kappa shape index (κ3) is 3.94. The molecule has 1 N–H and O–H groups in total. The molecule has 2 rings (SSSR count). The summed E-state index contributed by atoms with van der Waals surface area (Å²) in [5.74, 6) is 0.651. The molecular formula is C14H22BrClN2O3S. The largest absolute Gasteiger partial charge is 0.493 e. The highest BCUT2D eigenvalue weighted by Gasteiger charge is 2.34. The lowest BCUT2D eigenvalue weighted by Crippen LogP contribution is -2.57. The van der Waals surface area contributed by atoms with Crippen LogP contribution in [0.3, 0.4) is 0 Å². The van der Waals surface area contributed by atoms with Gasteiger partial charge in [0.1, 0.15) is 5.75 Å². The zero-order valence-corrected chi connectivity index (χ0v) is 16.1. The van der Waals surface area contributed by atoms with Crippen molar-refractivity contribution in [2.75, 3.05) is 19.7 Å². The highest BCUT2D eigenvalue weighted by Crippen LogP contribution is 2.30. The molecule has 1 aliphatic heterocycles. The highest BCUT2D eigenvalue weighted by atomic mass is 79.9. The Bertz CT molecular complexity index is 612. The number of nitrogens with one attached hydrogen (secondary N) is 1. The first-order valence-corrected chi connectivity index (χ1v) is 9.28. The van der Waals surface area contributed by atoms with E-state index < -0.39 is 10.0 Å². The maximum absolute atomic E-state index is 12.8.